The lowest BCUT2D eigenvalue weighted by molar-refractivity contribution is 0.0602. The first kappa shape index (κ1) is 28.1. The van der Waals surface area contributed by atoms with E-state index in [1.807, 2.05) is 25.2 Å². The van der Waals surface area contributed by atoms with Crippen molar-refractivity contribution in [1.29, 1.82) is 0 Å². The molecule has 4 heterocycles. The van der Waals surface area contributed by atoms with Crippen molar-refractivity contribution < 1.29 is 28.3 Å². The van der Waals surface area contributed by atoms with E-state index in [1.54, 1.807) is 28.9 Å². The number of hydrogen-bond donors (Lipinski definition) is 1. The van der Waals surface area contributed by atoms with E-state index in [0.29, 0.717) is 46.5 Å². The molecule has 0 unspecified atom stereocenters. The number of carbonyl (C=O) groups excluding carboxylic acids is 3. The fraction of sp³-hybridized carbons (Fsp3) is 0.387. The van der Waals surface area contributed by atoms with Gasteiger partial charge in [-0.3, -0.25) is 4.79 Å². The highest BCUT2D eigenvalue weighted by molar-refractivity contribution is 6.20. The molecule has 2 aliphatic heterocycles. The summed E-state index contributed by atoms with van der Waals surface area (Å²) in [6.45, 7) is 6.64. The summed E-state index contributed by atoms with van der Waals surface area (Å²) in [5.74, 6) is -0.557. The fourth-order valence-electron chi connectivity index (χ4n) is 5.98. The highest BCUT2D eigenvalue weighted by Crippen LogP contribution is 2.48. The largest absolute Gasteiger partial charge is 0.465 e. The molecule has 0 spiro atoms. The summed E-state index contributed by atoms with van der Waals surface area (Å²) in [6.07, 6.45) is 0.371. The number of likely N-dealkylation sites (N-methyl/N-ethyl adjacent to an activating group) is 1. The molecule has 2 aliphatic rings. The lowest BCUT2D eigenvalue weighted by atomic mass is 9.95. The van der Waals surface area contributed by atoms with Crippen LogP contribution in [0.4, 0.5) is 10.5 Å². The van der Waals surface area contributed by atoms with Crippen molar-refractivity contribution in [3.8, 4) is 5.75 Å². The summed E-state index contributed by atoms with van der Waals surface area (Å²) in [6, 6.07) is 9.30. The van der Waals surface area contributed by atoms with Gasteiger partial charge in [0.05, 0.1) is 23.9 Å². The van der Waals surface area contributed by atoms with Crippen LogP contribution in [-0.4, -0.2) is 85.5 Å². The second-order valence-electron chi connectivity index (χ2n) is 10.9. The second kappa shape index (κ2) is 11.0. The minimum Gasteiger partial charge on any atom is -0.465 e. The Bertz CT molecular complexity index is 1720. The van der Waals surface area contributed by atoms with E-state index >= 15 is 0 Å². The predicted octanol–water partition coefficient (Wildman–Crippen LogP) is 5.30. The minimum absolute atomic E-state index is 0.189. The Morgan fingerprint density at radius 3 is 2.57 bits per heavy atom. The molecule has 10 nitrogen and oxygen atoms in total. The number of halogens is 1. The number of carbonyl (C=O) groups is 3. The van der Waals surface area contributed by atoms with Crippen molar-refractivity contribution >= 4 is 57.1 Å². The summed E-state index contributed by atoms with van der Waals surface area (Å²) in [4.78, 5) is 48.9. The van der Waals surface area contributed by atoms with E-state index in [4.69, 9.17) is 25.5 Å². The highest BCUT2D eigenvalue weighted by Gasteiger charge is 2.39. The first-order valence-electron chi connectivity index (χ1n) is 14.1. The third-order valence-electron chi connectivity index (χ3n) is 8.33. The van der Waals surface area contributed by atoms with Crippen LogP contribution < -0.4 is 9.64 Å². The SMILES string of the molecule is CCc1ccc2oc(C(=O)N3C[C@@H](CCl)c4c3cc(OC(=O)N3CCN(C)CC3)c3[nH]c(C)c(C(=O)OC)c43)cc2c1. The summed E-state index contributed by atoms with van der Waals surface area (Å²) in [5, 5.41) is 1.38. The molecule has 0 radical (unpaired) electrons. The number of benzene rings is 2. The number of hydrogen-bond acceptors (Lipinski definition) is 7. The van der Waals surface area contributed by atoms with Crippen molar-refractivity contribution in [1.82, 2.24) is 14.8 Å². The smallest absolute Gasteiger partial charge is 0.415 e. The number of alkyl halides is 1. The summed E-state index contributed by atoms with van der Waals surface area (Å²) in [7, 11) is 3.32. The van der Waals surface area contributed by atoms with Gasteiger partial charge in [0.2, 0.25) is 0 Å². The van der Waals surface area contributed by atoms with Gasteiger partial charge >= 0.3 is 12.1 Å². The summed E-state index contributed by atoms with van der Waals surface area (Å²) in [5.41, 5.74) is 4.36. The Morgan fingerprint density at radius 1 is 1.12 bits per heavy atom. The summed E-state index contributed by atoms with van der Waals surface area (Å²) >= 11 is 6.48. The third-order valence-corrected chi connectivity index (χ3v) is 8.70. The van der Waals surface area contributed by atoms with Gasteiger partial charge in [-0.15, -0.1) is 11.6 Å². The molecule has 1 atom stereocenters. The Labute approximate surface area is 248 Å². The van der Waals surface area contributed by atoms with Crippen LogP contribution in [-0.2, 0) is 11.2 Å². The van der Waals surface area contributed by atoms with Crippen LogP contribution in [0.15, 0.2) is 34.7 Å². The first-order chi connectivity index (χ1) is 20.2. The van der Waals surface area contributed by atoms with E-state index in [2.05, 4.69) is 16.8 Å². The number of ether oxygens (including phenoxy) is 2. The Balaban J connectivity index is 1.48. The predicted molar refractivity (Wildman–Crippen MR) is 160 cm³/mol. The lowest BCUT2D eigenvalue weighted by Crippen LogP contribution is -2.48. The number of piperazine rings is 1. The molecular formula is C31H33ClN4O6. The maximum Gasteiger partial charge on any atom is 0.415 e. The number of methoxy groups -OCH3 is 1. The van der Waals surface area contributed by atoms with Gasteiger partial charge in [0.1, 0.15) is 5.58 Å². The second-order valence-corrected chi connectivity index (χ2v) is 11.2. The van der Waals surface area contributed by atoms with Crippen molar-refractivity contribution in [2.45, 2.75) is 26.2 Å². The topological polar surface area (TPSA) is 108 Å². The minimum atomic E-state index is -0.536. The third kappa shape index (κ3) is 4.68. The molecule has 11 heteroatoms. The van der Waals surface area contributed by atoms with Crippen LogP contribution in [0.2, 0.25) is 0 Å². The Kier molecular flexibility index (Phi) is 7.36. The number of aromatic amines is 1. The molecule has 220 valence electrons. The molecule has 0 aliphatic carbocycles. The summed E-state index contributed by atoms with van der Waals surface area (Å²) < 4.78 is 17.1. The van der Waals surface area contributed by atoms with Crippen LogP contribution in [0.3, 0.4) is 0 Å². The number of aromatic nitrogens is 1. The number of amides is 2. The van der Waals surface area contributed by atoms with Crippen molar-refractivity contribution in [2.24, 2.45) is 0 Å². The number of nitrogens with zero attached hydrogens (tertiary/aromatic N) is 3. The van der Waals surface area contributed by atoms with Gasteiger partial charge < -0.3 is 33.6 Å². The Morgan fingerprint density at radius 2 is 1.88 bits per heavy atom. The molecule has 2 aromatic heterocycles. The lowest BCUT2D eigenvalue weighted by Gasteiger charge is -2.31. The highest BCUT2D eigenvalue weighted by atomic mass is 35.5. The number of anilines is 1. The van der Waals surface area contributed by atoms with E-state index < -0.39 is 12.1 Å². The van der Waals surface area contributed by atoms with E-state index in [1.165, 1.54) is 7.11 Å². The average Bonchev–Trinajstić information content (AvgIpc) is 3.69. The fourth-order valence-corrected chi connectivity index (χ4v) is 6.23. The van der Waals surface area contributed by atoms with Crippen molar-refractivity contribution in [2.75, 3.05) is 57.7 Å². The van der Waals surface area contributed by atoms with Gasteiger partial charge in [0.25, 0.3) is 5.91 Å². The number of fused-ring (bicyclic) bond motifs is 4. The van der Waals surface area contributed by atoms with Crippen LogP contribution in [0.5, 0.6) is 5.75 Å². The van der Waals surface area contributed by atoms with Crippen LogP contribution >= 0.6 is 11.6 Å². The van der Waals surface area contributed by atoms with Gasteiger partial charge in [0.15, 0.2) is 11.5 Å². The van der Waals surface area contributed by atoms with E-state index in [0.717, 1.165) is 36.0 Å². The molecule has 1 N–H and O–H groups in total. The molecule has 1 saturated heterocycles. The zero-order chi connectivity index (χ0) is 29.7. The molecule has 4 aromatic rings. The number of aryl methyl sites for hydroxylation is 2. The van der Waals surface area contributed by atoms with Crippen molar-refractivity contribution in [3.05, 3.63) is 58.5 Å². The van der Waals surface area contributed by atoms with Gasteiger partial charge in [0, 0.05) is 67.1 Å². The molecule has 0 saturated carbocycles. The quantitative estimate of drug-likeness (QED) is 0.247. The van der Waals surface area contributed by atoms with Crippen molar-refractivity contribution in [3.63, 3.8) is 0 Å². The van der Waals surface area contributed by atoms with Gasteiger partial charge in [-0.05, 0) is 49.7 Å². The van der Waals surface area contributed by atoms with Crippen LogP contribution in [0.1, 0.15) is 50.6 Å². The molecule has 2 amide bonds. The standard InChI is InChI=1S/C31H33ClN4O6/c1-5-18-6-7-22-19(12-18)13-24(41-22)29(37)36-16-20(15-32)26-21(36)14-23(42-31(39)35-10-8-34(3)9-11-35)28-27(26)25(17(2)33-28)30(38)40-4/h6-7,12-14,20,33H,5,8-11,15-16H2,1-4H3/t20-/m1/s1. The molecule has 6 rings (SSSR count). The van der Waals surface area contributed by atoms with Gasteiger partial charge in [-0.25, -0.2) is 9.59 Å². The van der Waals surface area contributed by atoms with Gasteiger partial charge in [-0.2, -0.15) is 0 Å². The number of nitrogens with one attached hydrogen (secondary N) is 1. The van der Waals surface area contributed by atoms with Crippen LogP contribution in [0, 0.1) is 6.92 Å². The number of esters is 1. The Hall–Kier alpha value is -4.02. The molecule has 0 bridgehead atoms. The molecular weight excluding hydrogens is 560 g/mol. The number of H-pyrrole nitrogens is 1. The normalized spacial score (nSPS) is 17.2. The number of rotatable bonds is 5. The van der Waals surface area contributed by atoms with E-state index in [9.17, 15) is 14.4 Å². The zero-order valence-electron chi connectivity index (χ0n) is 24.1. The molecule has 1 fully saturated rings. The first-order valence-corrected chi connectivity index (χ1v) is 14.6. The molecule has 42 heavy (non-hydrogen) atoms. The van der Waals surface area contributed by atoms with E-state index in [-0.39, 0.29) is 35.8 Å². The number of furan rings is 1. The van der Waals surface area contributed by atoms with Crippen LogP contribution in [0.25, 0.3) is 21.9 Å². The van der Waals surface area contributed by atoms with Gasteiger partial charge in [-0.1, -0.05) is 13.0 Å². The maximum atomic E-state index is 14.0. The zero-order valence-corrected chi connectivity index (χ0v) is 24.8. The maximum absolute atomic E-state index is 14.0. The average molecular weight is 593 g/mol. The monoisotopic (exact) mass is 592 g/mol. The molecule has 2 aromatic carbocycles.